The van der Waals surface area contributed by atoms with Crippen LogP contribution in [0.2, 0.25) is 0 Å². The predicted octanol–water partition coefficient (Wildman–Crippen LogP) is 3.04. The number of hydrogen-bond donors (Lipinski definition) is 1. The number of esters is 1. The molecule has 4 atom stereocenters. The van der Waals surface area contributed by atoms with Crippen molar-refractivity contribution in [1.82, 2.24) is 9.88 Å². The maximum absolute atomic E-state index is 13.0. The summed E-state index contributed by atoms with van der Waals surface area (Å²) in [6.45, 7) is 2.97. The van der Waals surface area contributed by atoms with Crippen LogP contribution in [0.3, 0.4) is 0 Å². The van der Waals surface area contributed by atoms with E-state index in [1.54, 1.807) is 31.5 Å². The molecular formula is C22H26N2O7S. The van der Waals surface area contributed by atoms with Crippen LogP contribution in [0.1, 0.15) is 51.5 Å². The first-order chi connectivity index (χ1) is 15.4. The number of nitrogens with zero attached hydrogens (tertiary/aromatic N) is 2. The van der Waals surface area contributed by atoms with Gasteiger partial charge in [-0.2, -0.15) is 0 Å². The Morgan fingerprint density at radius 3 is 2.62 bits per heavy atom. The van der Waals surface area contributed by atoms with Gasteiger partial charge in [0.25, 0.3) is 0 Å². The highest BCUT2D eigenvalue weighted by Crippen LogP contribution is 2.53. The summed E-state index contributed by atoms with van der Waals surface area (Å²) < 4.78 is 15.7. The van der Waals surface area contributed by atoms with Gasteiger partial charge < -0.3 is 19.3 Å². The Morgan fingerprint density at radius 2 is 1.97 bits per heavy atom. The van der Waals surface area contributed by atoms with E-state index in [9.17, 15) is 19.5 Å². The Labute approximate surface area is 190 Å². The molecule has 1 saturated heterocycles. The van der Waals surface area contributed by atoms with Crippen LogP contribution in [0.15, 0.2) is 30.2 Å². The van der Waals surface area contributed by atoms with E-state index in [4.69, 9.17) is 14.2 Å². The number of fused-ring (bicyclic) bond motifs is 1. The Hall–Kier alpha value is -2.59. The van der Waals surface area contributed by atoms with E-state index in [1.807, 2.05) is 0 Å². The topological polar surface area (TPSA) is 115 Å². The lowest BCUT2D eigenvalue weighted by Gasteiger charge is -2.43. The molecule has 0 spiro atoms. The van der Waals surface area contributed by atoms with Crippen molar-refractivity contribution in [3.05, 3.63) is 35.8 Å². The minimum atomic E-state index is -1.20. The van der Waals surface area contributed by atoms with Crippen molar-refractivity contribution >= 4 is 34.7 Å². The molecule has 2 aliphatic heterocycles. The fraction of sp³-hybridized carbons (Fsp3) is 0.545. The summed E-state index contributed by atoms with van der Waals surface area (Å²) in [4.78, 5) is 43.7. The molecule has 0 aromatic carbocycles. The number of hydrogen-bond acceptors (Lipinski definition) is 9. The van der Waals surface area contributed by atoms with Gasteiger partial charge >= 0.3 is 12.1 Å². The second-order valence-electron chi connectivity index (χ2n) is 8.12. The summed E-state index contributed by atoms with van der Waals surface area (Å²) in [5, 5.41) is 9.56. The average molecular weight is 463 g/mol. The van der Waals surface area contributed by atoms with Gasteiger partial charge in [0.1, 0.15) is 17.2 Å². The molecule has 32 heavy (non-hydrogen) atoms. The highest BCUT2D eigenvalue weighted by atomic mass is 32.2. The highest BCUT2D eigenvalue weighted by molar-refractivity contribution is 8.09. The average Bonchev–Trinajstić information content (AvgIpc) is 3.09. The zero-order chi connectivity index (χ0) is 22.8. The number of thioether (sulfide) groups is 1. The highest BCUT2D eigenvalue weighted by Gasteiger charge is 2.58. The number of aliphatic hydroxyl groups excluding tert-OH is 1. The molecule has 1 unspecified atom stereocenters. The van der Waals surface area contributed by atoms with E-state index in [2.05, 4.69) is 4.98 Å². The van der Waals surface area contributed by atoms with Crippen LogP contribution in [-0.4, -0.2) is 56.9 Å². The number of pyridine rings is 1. The molecule has 172 valence electrons. The molecular weight excluding hydrogens is 436 g/mol. The van der Waals surface area contributed by atoms with Crippen molar-refractivity contribution in [1.29, 1.82) is 0 Å². The van der Waals surface area contributed by atoms with E-state index in [-0.39, 0.29) is 17.7 Å². The van der Waals surface area contributed by atoms with Crippen molar-refractivity contribution in [2.24, 2.45) is 5.92 Å². The zero-order valence-corrected chi connectivity index (χ0v) is 18.7. The van der Waals surface area contributed by atoms with Crippen molar-refractivity contribution in [3.63, 3.8) is 0 Å². The van der Waals surface area contributed by atoms with Crippen LogP contribution in [0.5, 0.6) is 0 Å². The van der Waals surface area contributed by atoms with Gasteiger partial charge in [0.05, 0.1) is 12.0 Å². The molecule has 3 aliphatic rings. The maximum Gasteiger partial charge on any atom is 0.511 e. The molecule has 1 N–H and O–H groups in total. The van der Waals surface area contributed by atoms with Crippen LogP contribution in [-0.2, 0) is 23.8 Å². The number of aromatic nitrogens is 1. The van der Waals surface area contributed by atoms with Crippen molar-refractivity contribution in [2.45, 2.75) is 69.8 Å². The van der Waals surface area contributed by atoms with Crippen LogP contribution < -0.4 is 0 Å². The molecule has 1 aliphatic carbocycles. The van der Waals surface area contributed by atoms with Crippen molar-refractivity contribution < 1.29 is 33.7 Å². The first-order valence-electron chi connectivity index (χ1n) is 10.8. The maximum atomic E-state index is 13.0. The largest absolute Gasteiger partial charge is 0.511 e. The summed E-state index contributed by atoms with van der Waals surface area (Å²) in [6.07, 6.45) is 4.81. The number of ether oxygens (including phenoxy) is 3. The first kappa shape index (κ1) is 22.6. The lowest BCUT2D eigenvalue weighted by Crippen LogP contribution is -2.60. The summed E-state index contributed by atoms with van der Waals surface area (Å²) in [5.74, 6) is -1.76. The Bertz CT molecular complexity index is 914. The smallest absolute Gasteiger partial charge is 0.431 e. The second-order valence-corrected chi connectivity index (χ2v) is 9.25. The van der Waals surface area contributed by atoms with Crippen molar-refractivity contribution in [3.8, 4) is 0 Å². The van der Waals surface area contributed by atoms with Gasteiger partial charge in [0.15, 0.2) is 0 Å². The number of amides is 1. The number of carbonyl (C=O) groups excluding carboxylic acids is 3. The van der Waals surface area contributed by atoms with Crippen molar-refractivity contribution in [2.75, 3.05) is 0 Å². The number of aliphatic hydroxyl groups is 1. The van der Waals surface area contributed by atoms with Gasteiger partial charge in [0.2, 0.25) is 12.2 Å². The number of β-lactam (4-membered cyclic amide) rings is 1. The third kappa shape index (κ3) is 4.47. The van der Waals surface area contributed by atoms with E-state index >= 15 is 0 Å². The minimum absolute atomic E-state index is 0.0611. The fourth-order valence-corrected chi connectivity index (χ4v) is 5.78. The Morgan fingerprint density at radius 1 is 1.22 bits per heavy atom. The molecule has 10 heteroatoms. The van der Waals surface area contributed by atoms with Crippen LogP contribution in [0, 0.1) is 5.92 Å². The third-order valence-electron chi connectivity index (χ3n) is 5.77. The lowest BCUT2D eigenvalue weighted by atomic mass is 9.92. The second kappa shape index (κ2) is 9.50. The molecule has 1 saturated carbocycles. The van der Waals surface area contributed by atoms with Gasteiger partial charge in [-0.1, -0.05) is 24.2 Å². The molecule has 9 nitrogen and oxygen atoms in total. The van der Waals surface area contributed by atoms with Crippen LogP contribution in [0.25, 0.3) is 4.91 Å². The normalized spacial score (nSPS) is 25.0. The van der Waals surface area contributed by atoms with E-state index < -0.39 is 35.8 Å². The summed E-state index contributed by atoms with van der Waals surface area (Å²) in [7, 11) is 0. The SMILES string of the molecule is CC(OC(=O)OC1CCCCC1)OC(=O)C1=C(c2cccnc2)S[C@@H]2[C@@H]([C@@H](C)O)C(=O)N12. The molecule has 2 fully saturated rings. The van der Waals surface area contributed by atoms with Gasteiger partial charge in [-0.25, -0.2) is 9.59 Å². The standard InChI is InChI=1S/C22H26N2O7S/c1-12(25)16-19(26)24-17(18(32-20(16)24)14-7-6-10-23-11-14)21(27)29-13(2)30-22(28)31-15-8-4-3-5-9-15/h6-7,10-13,15-16,20,25H,3-5,8-9H2,1-2H3/t12-,13?,16+,20-/m1/s1. The molecule has 1 aromatic heterocycles. The van der Waals surface area contributed by atoms with Gasteiger partial charge in [0, 0.05) is 29.8 Å². The monoisotopic (exact) mass is 462 g/mol. The van der Waals surface area contributed by atoms with Crippen LogP contribution in [0.4, 0.5) is 4.79 Å². The first-order valence-corrected chi connectivity index (χ1v) is 11.7. The third-order valence-corrected chi connectivity index (χ3v) is 7.18. The van der Waals surface area contributed by atoms with Gasteiger partial charge in [-0.15, -0.1) is 0 Å². The van der Waals surface area contributed by atoms with Gasteiger partial charge in [-0.3, -0.25) is 14.7 Å². The fourth-order valence-electron chi connectivity index (χ4n) is 4.19. The Kier molecular flexibility index (Phi) is 6.71. The van der Waals surface area contributed by atoms with Gasteiger partial charge in [-0.05, 0) is 38.7 Å². The minimum Gasteiger partial charge on any atom is -0.431 e. The van der Waals surface area contributed by atoms with E-state index in [0.29, 0.717) is 10.5 Å². The summed E-state index contributed by atoms with van der Waals surface area (Å²) in [5.41, 5.74) is 0.715. The Balaban J connectivity index is 1.46. The van der Waals surface area contributed by atoms with E-state index in [1.165, 1.54) is 23.6 Å². The van der Waals surface area contributed by atoms with Crippen LogP contribution >= 0.6 is 11.8 Å². The number of rotatable bonds is 6. The predicted molar refractivity (Wildman–Crippen MR) is 115 cm³/mol. The van der Waals surface area contributed by atoms with E-state index in [0.717, 1.165) is 32.1 Å². The summed E-state index contributed by atoms with van der Waals surface area (Å²) in [6, 6.07) is 3.50. The summed E-state index contributed by atoms with van der Waals surface area (Å²) >= 11 is 1.31. The molecule has 0 bridgehead atoms. The molecule has 3 heterocycles. The molecule has 0 radical (unpaired) electrons. The quantitative estimate of drug-likeness (QED) is 0.387. The molecule has 4 rings (SSSR count). The zero-order valence-electron chi connectivity index (χ0n) is 17.9. The number of carbonyl (C=O) groups is 3. The molecule has 1 amide bonds. The lowest BCUT2D eigenvalue weighted by molar-refractivity contribution is -0.171. The molecule has 1 aromatic rings.